The monoisotopic (exact) mass is 386 g/mol. The number of hydrogen-bond acceptors (Lipinski definition) is 3. The minimum Gasteiger partial charge on any atom is -0.481 e. The van der Waals surface area contributed by atoms with E-state index in [-0.39, 0.29) is 29.5 Å². The molecule has 2 aromatic rings. The van der Waals surface area contributed by atoms with Gasteiger partial charge in [-0.15, -0.1) is 0 Å². The van der Waals surface area contributed by atoms with Gasteiger partial charge in [0.05, 0.1) is 11.6 Å². The third-order valence-corrected chi connectivity index (χ3v) is 4.11. The molecule has 0 aliphatic rings. The van der Waals surface area contributed by atoms with E-state index in [0.717, 1.165) is 6.07 Å². The highest BCUT2D eigenvalue weighted by molar-refractivity contribution is 6.04. The van der Waals surface area contributed by atoms with Crippen molar-refractivity contribution in [1.82, 2.24) is 0 Å². The van der Waals surface area contributed by atoms with E-state index in [1.807, 2.05) is 13.8 Å². The lowest BCUT2D eigenvalue weighted by Gasteiger charge is -2.11. The molecule has 0 bridgehead atoms. The zero-order valence-electron chi connectivity index (χ0n) is 16.0. The number of rotatable bonds is 7. The summed E-state index contributed by atoms with van der Waals surface area (Å²) >= 11 is 0. The van der Waals surface area contributed by atoms with Crippen LogP contribution >= 0.6 is 0 Å². The molecule has 2 amide bonds. The van der Waals surface area contributed by atoms with Gasteiger partial charge in [0.15, 0.2) is 0 Å². The fourth-order valence-corrected chi connectivity index (χ4v) is 2.56. The summed E-state index contributed by atoms with van der Waals surface area (Å²) < 4.78 is 14.2. The molecule has 0 fully saturated rings. The Bertz CT molecular complexity index is 896. The standard InChI is InChI=1S/C21H23FN2O4/c1-12(2)9-19(25)24-18-8-7-15(11-17(18)22)20(26)23-16-6-4-5-14(10-16)13(3)21(27)28/h4-8,10-13H,9H2,1-3H3,(H,23,26)(H,24,25)(H,27,28). The lowest BCUT2D eigenvalue weighted by Crippen LogP contribution is -2.16. The molecule has 6 nitrogen and oxygen atoms in total. The summed E-state index contributed by atoms with van der Waals surface area (Å²) in [7, 11) is 0. The average molecular weight is 386 g/mol. The van der Waals surface area contributed by atoms with Gasteiger partial charge in [-0.25, -0.2) is 4.39 Å². The van der Waals surface area contributed by atoms with Crippen LogP contribution in [-0.4, -0.2) is 22.9 Å². The van der Waals surface area contributed by atoms with Crippen molar-refractivity contribution in [2.24, 2.45) is 5.92 Å². The van der Waals surface area contributed by atoms with Crippen LogP contribution in [0.2, 0.25) is 0 Å². The second-order valence-corrected chi connectivity index (χ2v) is 6.98. The van der Waals surface area contributed by atoms with Crippen molar-refractivity contribution in [2.45, 2.75) is 33.1 Å². The molecule has 0 saturated heterocycles. The summed E-state index contributed by atoms with van der Waals surface area (Å²) in [4.78, 5) is 35.3. The molecule has 28 heavy (non-hydrogen) atoms. The van der Waals surface area contributed by atoms with Gasteiger partial charge >= 0.3 is 5.97 Å². The number of carboxylic acid groups (broad SMARTS) is 1. The highest BCUT2D eigenvalue weighted by Gasteiger charge is 2.16. The number of carboxylic acids is 1. The number of amides is 2. The molecule has 0 aliphatic heterocycles. The van der Waals surface area contributed by atoms with Crippen LogP contribution in [-0.2, 0) is 9.59 Å². The number of nitrogens with one attached hydrogen (secondary N) is 2. The largest absolute Gasteiger partial charge is 0.481 e. The maximum Gasteiger partial charge on any atom is 0.310 e. The van der Waals surface area contributed by atoms with E-state index in [4.69, 9.17) is 5.11 Å². The predicted molar refractivity (Wildman–Crippen MR) is 105 cm³/mol. The molecule has 148 valence electrons. The molecule has 0 radical (unpaired) electrons. The van der Waals surface area contributed by atoms with Gasteiger partial charge in [0.25, 0.3) is 5.91 Å². The summed E-state index contributed by atoms with van der Waals surface area (Å²) in [5.41, 5.74) is 1.04. The molecule has 1 atom stereocenters. The molecule has 0 spiro atoms. The molecular formula is C21H23FN2O4. The highest BCUT2D eigenvalue weighted by atomic mass is 19.1. The fraction of sp³-hybridized carbons (Fsp3) is 0.286. The third kappa shape index (κ3) is 5.64. The average Bonchev–Trinajstić information content (AvgIpc) is 2.62. The first-order valence-electron chi connectivity index (χ1n) is 8.91. The first-order valence-corrected chi connectivity index (χ1v) is 8.91. The van der Waals surface area contributed by atoms with Crippen LogP contribution in [0.15, 0.2) is 42.5 Å². The molecule has 7 heteroatoms. The number of halogens is 1. The Morgan fingerprint density at radius 2 is 1.75 bits per heavy atom. The Balaban J connectivity index is 2.11. The SMILES string of the molecule is CC(C)CC(=O)Nc1ccc(C(=O)Nc2cccc(C(C)C(=O)O)c2)cc1F. The Hall–Kier alpha value is -3.22. The fourth-order valence-electron chi connectivity index (χ4n) is 2.56. The van der Waals surface area contributed by atoms with Gasteiger partial charge in [-0.2, -0.15) is 0 Å². The van der Waals surface area contributed by atoms with Crippen LogP contribution in [0.25, 0.3) is 0 Å². The lowest BCUT2D eigenvalue weighted by molar-refractivity contribution is -0.138. The van der Waals surface area contributed by atoms with E-state index in [2.05, 4.69) is 10.6 Å². The number of carbonyl (C=O) groups excluding carboxylic acids is 2. The molecule has 0 saturated carbocycles. The molecule has 1 unspecified atom stereocenters. The summed E-state index contributed by atoms with van der Waals surface area (Å²) in [6.07, 6.45) is 0.271. The molecule has 0 aliphatic carbocycles. The van der Waals surface area contributed by atoms with Crippen molar-refractivity contribution >= 4 is 29.2 Å². The summed E-state index contributed by atoms with van der Waals surface area (Å²) in [5.74, 6) is -3.09. The van der Waals surface area contributed by atoms with E-state index < -0.39 is 23.6 Å². The van der Waals surface area contributed by atoms with Gasteiger partial charge in [0.2, 0.25) is 5.91 Å². The topological polar surface area (TPSA) is 95.5 Å². The summed E-state index contributed by atoms with van der Waals surface area (Å²) in [5, 5.41) is 14.2. The van der Waals surface area contributed by atoms with Gasteiger partial charge < -0.3 is 15.7 Å². The Morgan fingerprint density at radius 1 is 1.04 bits per heavy atom. The van der Waals surface area contributed by atoms with Gasteiger partial charge in [-0.05, 0) is 48.7 Å². The summed E-state index contributed by atoms with van der Waals surface area (Å²) in [6, 6.07) is 10.3. The number of carbonyl (C=O) groups is 3. The minimum absolute atomic E-state index is 0.0134. The van der Waals surface area contributed by atoms with Crippen LogP contribution in [0.5, 0.6) is 0 Å². The van der Waals surface area contributed by atoms with Crippen molar-refractivity contribution in [3.8, 4) is 0 Å². The smallest absolute Gasteiger partial charge is 0.310 e. The van der Waals surface area contributed by atoms with E-state index in [9.17, 15) is 18.8 Å². The van der Waals surface area contributed by atoms with Crippen LogP contribution in [0.4, 0.5) is 15.8 Å². The van der Waals surface area contributed by atoms with Crippen LogP contribution < -0.4 is 10.6 Å². The number of aliphatic carboxylic acids is 1. The quantitative estimate of drug-likeness (QED) is 0.663. The van der Waals surface area contributed by atoms with Crippen LogP contribution in [0.1, 0.15) is 49.0 Å². The van der Waals surface area contributed by atoms with Crippen molar-refractivity contribution in [3.63, 3.8) is 0 Å². The first kappa shape index (κ1) is 21.1. The molecule has 3 N–H and O–H groups in total. The Kier molecular flexibility index (Phi) is 6.87. The maximum absolute atomic E-state index is 14.2. The predicted octanol–water partition coefficient (Wildman–Crippen LogP) is 4.25. The van der Waals surface area contributed by atoms with Crippen molar-refractivity contribution in [2.75, 3.05) is 10.6 Å². The normalized spacial score (nSPS) is 11.8. The van der Waals surface area contributed by atoms with Gasteiger partial charge in [0, 0.05) is 17.7 Å². The number of anilines is 2. The van der Waals surface area contributed by atoms with E-state index in [0.29, 0.717) is 11.3 Å². The molecule has 2 aromatic carbocycles. The van der Waals surface area contributed by atoms with Crippen molar-refractivity contribution in [1.29, 1.82) is 0 Å². The molecular weight excluding hydrogens is 363 g/mol. The van der Waals surface area contributed by atoms with Crippen LogP contribution in [0.3, 0.4) is 0 Å². The minimum atomic E-state index is -0.972. The molecule has 0 aromatic heterocycles. The highest BCUT2D eigenvalue weighted by Crippen LogP contribution is 2.21. The number of benzene rings is 2. The zero-order chi connectivity index (χ0) is 20.8. The van der Waals surface area contributed by atoms with Crippen LogP contribution in [0, 0.1) is 11.7 Å². The van der Waals surface area contributed by atoms with Gasteiger partial charge in [-0.1, -0.05) is 26.0 Å². The second-order valence-electron chi connectivity index (χ2n) is 6.98. The van der Waals surface area contributed by atoms with Gasteiger partial charge in [0.1, 0.15) is 5.82 Å². The van der Waals surface area contributed by atoms with Gasteiger partial charge in [-0.3, -0.25) is 14.4 Å². The number of hydrogen-bond donors (Lipinski definition) is 3. The van der Waals surface area contributed by atoms with Crippen molar-refractivity contribution < 1.29 is 23.9 Å². The van der Waals surface area contributed by atoms with E-state index in [1.165, 1.54) is 12.1 Å². The Labute approximate surface area is 162 Å². The van der Waals surface area contributed by atoms with E-state index >= 15 is 0 Å². The third-order valence-electron chi connectivity index (χ3n) is 4.11. The summed E-state index contributed by atoms with van der Waals surface area (Å²) in [6.45, 7) is 5.32. The molecule has 2 rings (SSSR count). The lowest BCUT2D eigenvalue weighted by atomic mass is 10.0. The van der Waals surface area contributed by atoms with Crippen molar-refractivity contribution in [3.05, 3.63) is 59.4 Å². The zero-order valence-corrected chi connectivity index (χ0v) is 16.0. The van der Waals surface area contributed by atoms with E-state index in [1.54, 1.807) is 31.2 Å². The molecule has 0 heterocycles. The first-order chi connectivity index (χ1) is 13.2. The Morgan fingerprint density at radius 3 is 2.36 bits per heavy atom. The second kappa shape index (κ2) is 9.12. The maximum atomic E-state index is 14.2.